The van der Waals surface area contributed by atoms with Crippen molar-refractivity contribution in [3.05, 3.63) is 47.6 Å². The maximum absolute atomic E-state index is 12.0. The minimum atomic E-state index is -0.308. The molecule has 0 saturated heterocycles. The number of fused-ring (bicyclic) bond motifs is 1. The van der Waals surface area contributed by atoms with Gasteiger partial charge in [-0.15, -0.1) is 5.10 Å². The Labute approximate surface area is 114 Å². The van der Waals surface area contributed by atoms with E-state index < -0.39 is 0 Å². The molecule has 0 saturated carbocycles. The second-order valence-electron chi connectivity index (χ2n) is 4.43. The Morgan fingerprint density at radius 2 is 2.00 bits per heavy atom. The third kappa shape index (κ3) is 2.35. The van der Waals surface area contributed by atoms with Gasteiger partial charge in [0.15, 0.2) is 17.2 Å². The fraction of sp³-hybridized carbons (Fsp3) is 0.143. The molecule has 6 heteroatoms. The summed E-state index contributed by atoms with van der Waals surface area (Å²) in [6, 6.07) is 8.66. The second kappa shape index (κ2) is 4.73. The Morgan fingerprint density at radius 3 is 2.75 bits per heavy atom. The van der Waals surface area contributed by atoms with Crippen molar-refractivity contribution in [1.29, 1.82) is 0 Å². The van der Waals surface area contributed by atoms with Gasteiger partial charge in [-0.05, 0) is 37.3 Å². The highest BCUT2D eigenvalue weighted by molar-refractivity contribution is 6.03. The molecule has 0 aliphatic rings. The third-order valence-corrected chi connectivity index (χ3v) is 2.78. The number of anilines is 1. The molecule has 0 unspecified atom stereocenters. The predicted octanol–water partition coefficient (Wildman–Crippen LogP) is 2.49. The summed E-state index contributed by atoms with van der Waals surface area (Å²) in [6.07, 6.45) is 0. The van der Waals surface area contributed by atoms with Crippen molar-refractivity contribution in [2.75, 3.05) is 5.32 Å². The van der Waals surface area contributed by atoms with E-state index >= 15 is 0 Å². The van der Waals surface area contributed by atoms with Crippen LogP contribution in [-0.4, -0.2) is 21.1 Å². The van der Waals surface area contributed by atoms with Gasteiger partial charge in [-0.3, -0.25) is 4.79 Å². The molecule has 0 radical (unpaired) electrons. The number of carbonyl (C=O) groups excluding carboxylic acids is 1. The van der Waals surface area contributed by atoms with Crippen molar-refractivity contribution < 1.29 is 9.21 Å². The number of benzene rings is 1. The van der Waals surface area contributed by atoms with Gasteiger partial charge in [0.05, 0.1) is 5.69 Å². The molecule has 0 bridgehead atoms. The Kier molecular flexibility index (Phi) is 2.90. The van der Waals surface area contributed by atoms with Gasteiger partial charge in [0.1, 0.15) is 5.52 Å². The van der Waals surface area contributed by atoms with Gasteiger partial charge >= 0.3 is 0 Å². The highest BCUT2D eigenvalue weighted by Crippen LogP contribution is 2.19. The maximum atomic E-state index is 12.0. The highest BCUT2D eigenvalue weighted by atomic mass is 16.3. The van der Waals surface area contributed by atoms with Crippen molar-refractivity contribution >= 4 is 22.7 Å². The highest BCUT2D eigenvalue weighted by Gasteiger charge is 2.09. The monoisotopic (exact) mass is 268 g/mol. The van der Waals surface area contributed by atoms with Crippen LogP contribution in [-0.2, 0) is 0 Å². The molecule has 3 aromatic rings. The van der Waals surface area contributed by atoms with Crippen LogP contribution >= 0.6 is 0 Å². The molecule has 0 fully saturated rings. The van der Waals surface area contributed by atoms with Gasteiger partial charge in [-0.25, -0.2) is 4.98 Å². The van der Waals surface area contributed by atoms with E-state index in [9.17, 15) is 4.79 Å². The second-order valence-corrected chi connectivity index (χ2v) is 4.43. The Morgan fingerprint density at radius 1 is 1.15 bits per heavy atom. The molecule has 20 heavy (non-hydrogen) atoms. The topological polar surface area (TPSA) is 80.9 Å². The molecule has 100 valence electrons. The summed E-state index contributed by atoms with van der Waals surface area (Å²) in [5.74, 6) is 0.282. The van der Waals surface area contributed by atoms with Crippen LogP contribution in [0, 0.1) is 13.8 Å². The number of aryl methyl sites for hydroxylation is 2. The first-order valence-electron chi connectivity index (χ1n) is 6.11. The molecule has 1 N–H and O–H groups in total. The molecule has 0 atom stereocenters. The molecule has 1 amide bonds. The summed E-state index contributed by atoms with van der Waals surface area (Å²) < 4.78 is 5.38. The average Bonchev–Trinajstić information content (AvgIpc) is 2.78. The van der Waals surface area contributed by atoms with Crippen LogP contribution in [0.1, 0.15) is 22.1 Å². The lowest BCUT2D eigenvalue weighted by molar-refractivity contribution is 0.102. The third-order valence-electron chi connectivity index (χ3n) is 2.78. The first-order valence-corrected chi connectivity index (χ1v) is 6.11. The van der Waals surface area contributed by atoms with Crippen molar-refractivity contribution in [3.63, 3.8) is 0 Å². The number of oxazole rings is 1. The number of nitrogens with one attached hydrogen (secondary N) is 1. The van der Waals surface area contributed by atoms with Gasteiger partial charge in [0.2, 0.25) is 0 Å². The SMILES string of the molecule is Cc1ccc(C(=O)Nc2ccc3oc(C)nc3c2)nn1. The summed E-state index contributed by atoms with van der Waals surface area (Å²) in [6.45, 7) is 3.59. The smallest absolute Gasteiger partial charge is 0.276 e. The zero-order chi connectivity index (χ0) is 14.1. The van der Waals surface area contributed by atoms with Crippen molar-refractivity contribution in [3.8, 4) is 0 Å². The fourth-order valence-corrected chi connectivity index (χ4v) is 1.84. The predicted molar refractivity (Wildman–Crippen MR) is 73.5 cm³/mol. The van der Waals surface area contributed by atoms with Gasteiger partial charge in [0.25, 0.3) is 5.91 Å². The number of nitrogens with zero attached hydrogens (tertiary/aromatic N) is 3. The van der Waals surface area contributed by atoms with Gasteiger partial charge < -0.3 is 9.73 Å². The molecule has 1 aromatic carbocycles. The summed E-state index contributed by atoms with van der Waals surface area (Å²) in [4.78, 5) is 16.2. The molecule has 0 spiro atoms. The van der Waals surface area contributed by atoms with E-state index in [1.807, 2.05) is 6.92 Å². The number of hydrogen-bond donors (Lipinski definition) is 1. The van der Waals surface area contributed by atoms with Crippen LogP contribution in [0.5, 0.6) is 0 Å². The van der Waals surface area contributed by atoms with Gasteiger partial charge in [0, 0.05) is 12.6 Å². The molecule has 2 heterocycles. The average molecular weight is 268 g/mol. The van der Waals surface area contributed by atoms with Gasteiger partial charge in [-0.1, -0.05) is 0 Å². The summed E-state index contributed by atoms with van der Waals surface area (Å²) in [5, 5.41) is 10.5. The lowest BCUT2D eigenvalue weighted by atomic mass is 10.2. The maximum Gasteiger partial charge on any atom is 0.276 e. The first kappa shape index (κ1) is 12.3. The van der Waals surface area contributed by atoms with Crippen LogP contribution in [0.4, 0.5) is 5.69 Å². The summed E-state index contributed by atoms with van der Waals surface area (Å²) in [7, 11) is 0. The molecule has 2 aromatic heterocycles. The largest absolute Gasteiger partial charge is 0.441 e. The zero-order valence-electron chi connectivity index (χ0n) is 11.0. The van der Waals surface area contributed by atoms with E-state index in [4.69, 9.17) is 4.42 Å². The summed E-state index contributed by atoms with van der Waals surface area (Å²) in [5.41, 5.74) is 3.07. The molecule has 0 aliphatic heterocycles. The van der Waals surface area contributed by atoms with Crippen molar-refractivity contribution in [2.24, 2.45) is 0 Å². The minimum absolute atomic E-state index is 0.270. The Hall–Kier alpha value is -2.76. The molecule has 0 aliphatic carbocycles. The van der Waals surface area contributed by atoms with E-state index in [0.29, 0.717) is 22.7 Å². The standard InChI is InChI=1S/C14H12N4O2/c1-8-3-5-11(18-17-8)14(19)16-10-4-6-13-12(7-10)15-9(2)20-13/h3-7H,1-2H3,(H,16,19). The van der Waals surface area contributed by atoms with Crippen LogP contribution in [0.25, 0.3) is 11.1 Å². The van der Waals surface area contributed by atoms with E-state index in [1.165, 1.54) is 0 Å². The fourth-order valence-electron chi connectivity index (χ4n) is 1.84. The molecular formula is C14H12N4O2. The van der Waals surface area contributed by atoms with Crippen LogP contribution in [0.2, 0.25) is 0 Å². The molecule has 6 nitrogen and oxygen atoms in total. The number of hydrogen-bond acceptors (Lipinski definition) is 5. The van der Waals surface area contributed by atoms with Crippen molar-refractivity contribution in [2.45, 2.75) is 13.8 Å². The van der Waals surface area contributed by atoms with Crippen LogP contribution < -0.4 is 5.32 Å². The number of amides is 1. The lowest BCUT2D eigenvalue weighted by Gasteiger charge is -2.03. The Bertz CT molecular complexity index is 777. The normalized spacial score (nSPS) is 10.7. The van der Waals surface area contributed by atoms with E-state index in [1.54, 1.807) is 37.3 Å². The van der Waals surface area contributed by atoms with Crippen LogP contribution in [0.15, 0.2) is 34.7 Å². The van der Waals surface area contributed by atoms with E-state index in [2.05, 4.69) is 20.5 Å². The lowest BCUT2D eigenvalue weighted by Crippen LogP contribution is -2.14. The molecular weight excluding hydrogens is 256 g/mol. The number of aromatic nitrogens is 3. The van der Waals surface area contributed by atoms with Crippen LogP contribution in [0.3, 0.4) is 0 Å². The van der Waals surface area contributed by atoms with E-state index in [0.717, 1.165) is 5.69 Å². The van der Waals surface area contributed by atoms with Gasteiger partial charge in [-0.2, -0.15) is 5.10 Å². The first-order chi connectivity index (χ1) is 9.61. The molecule has 3 rings (SSSR count). The number of carbonyl (C=O) groups is 1. The van der Waals surface area contributed by atoms with E-state index in [-0.39, 0.29) is 11.6 Å². The van der Waals surface area contributed by atoms with Crippen molar-refractivity contribution in [1.82, 2.24) is 15.2 Å². The number of rotatable bonds is 2. The Balaban J connectivity index is 1.84. The zero-order valence-corrected chi connectivity index (χ0v) is 11.0. The minimum Gasteiger partial charge on any atom is -0.441 e. The quantitative estimate of drug-likeness (QED) is 0.772. The summed E-state index contributed by atoms with van der Waals surface area (Å²) >= 11 is 0.